The summed E-state index contributed by atoms with van der Waals surface area (Å²) in [6, 6.07) is 22.1. The first-order chi connectivity index (χ1) is 23.8. The number of ether oxygens (including phenoxy) is 4. The zero-order chi connectivity index (χ0) is 34.7. The van der Waals surface area contributed by atoms with Crippen LogP contribution in [0.15, 0.2) is 89.0 Å². The minimum absolute atomic E-state index is 0.160. The van der Waals surface area contributed by atoms with Crippen LogP contribution in [0, 0.1) is 0 Å². The van der Waals surface area contributed by atoms with Crippen LogP contribution >= 0.6 is 11.3 Å². The highest BCUT2D eigenvalue weighted by Crippen LogP contribution is 2.50. The maximum Gasteiger partial charge on any atom is 0.255 e. The van der Waals surface area contributed by atoms with Crippen LogP contribution in [-0.2, 0) is 6.42 Å². The Hall–Kier alpha value is -5.81. The van der Waals surface area contributed by atoms with Crippen LogP contribution in [-0.4, -0.2) is 40.3 Å². The Morgan fingerprint density at radius 1 is 0.796 bits per heavy atom. The Morgan fingerprint density at radius 2 is 1.51 bits per heavy atom. The Bertz CT molecular complexity index is 2100. The number of nitrogen functional groups attached to an aromatic ring is 1. The number of carbonyl (C=O) groups excluding carboxylic acids is 2. The van der Waals surface area contributed by atoms with E-state index in [1.165, 1.54) is 20.3 Å². The highest BCUT2D eigenvalue weighted by molar-refractivity contribution is 7.13. The third-order valence-electron chi connectivity index (χ3n) is 8.54. The molecule has 0 spiro atoms. The van der Waals surface area contributed by atoms with Gasteiger partial charge in [0, 0.05) is 21.6 Å². The molecule has 49 heavy (non-hydrogen) atoms. The minimum Gasteiger partial charge on any atom is -0.493 e. The molecular weight excluding hydrogens is 642 g/mol. The van der Waals surface area contributed by atoms with Gasteiger partial charge in [0.2, 0.25) is 11.2 Å². The molecule has 0 saturated carbocycles. The van der Waals surface area contributed by atoms with Crippen LogP contribution in [0.4, 0.5) is 11.4 Å². The van der Waals surface area contributed by atoms with Crippen LogP contribution < -0.4 is 40.7 Å². The van der Waals surface area contributed by atoms with E-state index in [9.17, 15) is 14.4 Å². The van der Waals surface area contributed by atoms with Gasteiger partial charge in [0.25, 0.3) is 11.8 Å². The zero-order valence-electron chi connectivity index (χ0n) is 27.4. The number of nitrogens with one attached hydrogen (secondary N) is 2. The summed E-state index contributed by atoms with van der Waals surface area (Å²) in [6.07, 6.45) is 1.01. The van der Waals surface area contributed by atoms with Crippen LogP contribution in [0.2, 0.25) is 0 Å². The minimum atomic E-state index is -0.553. The van der Waals surface area contributed by atoms with Crippen molar-refractivity contribution in [1.82, 2.24) is 5.32 Å². The Balaban J connectivity index is 1.28. The van der Waals surface area contributed by atoms with E-state index in [0.29, 0.717) is 63.7 Å². The van der Waals surface area contributed by atoms with Gasteiger partial charge in [0.05, 0.1) is 45.9 Å². The molecule has 11 heteroatoms. The molecule has 0 saturated heterocycles. The maximum atomic E-state index is 13.7. The molecule has 0 bridgehead atoms. The van der Waals surface area contributed by atoms with E-state index in [1.54, 1.807) is 68.0 Å². The van der Waals surface area contributed by atoms with E-state index in [0.717, 1.165) is 21.6 Å². The van der Waals surface area contributed by atoms with Gasteiger partial charge in [-0.15, -0.1) is 11.3 Å². The van der Waals surface area contributed by atoms with Gasteiger partial charge in [-0.1, -0.05) is 18.2 Å². The Morgan fingerprint density at radius 3 is 2.16 bits per heavy atom. The quantitative estimate of drug-likeness (QED) is 0.146. The predicted molar refractivity (Wildman–Crippen MR) is 191 cm³/mol. The molecule has 4 N–H and O–H groups in total. The number of benzene rings is 3. The molecule has 0 unspecified atom stereocenters. The van der Waals surface area contributed by atoms with Crippen molar-refractivity contribution < 1.29 is 28.5 Å². The fraction of sp³-hybridized carbons (Fsp3) is 0.184. The number of hydrogen-bond donors (Lipinski definition) is 3. The average molecular weight is 678 g/mol. The first-order valence-electron chi connectivity index (χ1n) is 15.5. The molecule has 1 aromatic heterocycles. The fourth-order valence-corrected chi connectivity index (χ4v) is 6.81. The summed E-state index contributed by atoms with van der Waals surface area (Å²) in [6.45, 7) is 0. The lowest BCUT2D eigenvalue weighted by molar-refractivity contribution is 0.0933. The highest BCUT2D eigenvalue weighted by Gasteiger charge is 2.30. The number of amides is 2. The molecular formula is C38H35N3O7S. The lowest BCUT2D eigenvalue weighted by Crippen LogP contribution is -2.29. The SMILES string of the molecule is COc1cc2c(c(OC)c1OC)-c1ccc(OC)c(=O)cc1[C@@H](NC(=O)c1ccc(C(=O)Nc3cc(-c4cccs4)ccc3N)cc1)CC2. The van der Waals surface area contributed by atoms with Gasteiger partial charge < -0.3 is 35.3 Å². The van der Waals surface area contributed by atoms with Gasteiger partial charge in [-0.3, -0.25) is 14.4 Å². The number of rotatable bonds is 9. The van der Waals surface area contributed by atoms with Gasteiger partial charge in [-0.2, -0.15) is 0 Å². The fourth-order valence-electron chi connectivity index (χ4n) is 6.09. The molecule has 5 aromatic rings. The first kappa shape index (κ1) is 33.1. The molecule has 6 rings (SSSR count). The number of fused-ring (bicyclic) bond motifs is 3. The molecule has 1 heterocycles. The summed E-state index contributed by atoms with van der Waals surface area (Å²) >= 11 is 1.59. The number of carbonyl (C=O) groups is 2. The molecule has 1 atom stereocenters. The lowest BCUT2D eigenvalue weighted by Gasteiger charge is -2.20. The van der Waals surface area contributed by atoms with Crippen molar-refractivity contribution in [3.8, 4) is 44.6 Å². The van der Waals surface area contributed by atoms with Gasteiger partial charge in [-0.25, -0.2) is 0 Å². The normalized spacial score (nSPS) is 13.3. The van der Waals surface area contributed by atoms with E-state index in [2.05, 4.69) is 10.6 Å². The van der Waals surface area contributed by atoms with E-state index < -0.39 is 6.04 Å². The summed E-state index contributed by atoms with van der Waals surface area (Å²) < 4.78 is 22.5. The Labute approximate surface area is 287 Å². The monoisotopic (exact) mass is 677 g/mol. The molecule has 1 aliphatic rings. The van der Waals surface area contributed by atoms with Crippen molar-refractivity contribution in [2.75, 3.05) is 39.5 Å². The number of hydrogen-bond acceptors (Lipinski definition) is 9. The van der Waals surface area contributed by atoms with Gasteiger partial charge in [-0.05, 0) is 101 Å². The largest absolute Gasteiger partial charge is 0.493 e. The first-order valence-corrected chi connectivity index (χ1v) is 16.3. The number of thiophene rings is 1. The van der Waals surface area contributed by atoms with E-state index in [-0.39, 0.29) is 23.0 Å². The zero-order valence-corrected chi connectivity index (χ0v) is 28.2. The van der Waals surface area contributed by atoms with Crippen LogP contribution in [0.5, 0.6) is 23.0 Å². The second-order valence-corrected chi connectivity index (χ2v) is 12.3. The lowest BCUT2D eigenvalue weighted by atomic mass is 9.95. The third kappa shape index (κ3) is 6.53. The summed E-state index contributed by atoms with van der Waals surface area (Å²) in [7, 11) is 6.07. The summed E-state index contributed by atoms with van der Waals surface area (Å²) in [5.41, 5.74) is 11.4. The predicted octanol–water partition coefficient (Wildman–Crippen LogP) is 6.73. The molecule has 2 amide bonds. The van der Waals surface area contributed by atoms with Gasteiger partial charge in [0.15, 0.2) is 17.2 Å². The second-order valence-electron chi connectivity index (χ2n) is 11.3. The molecule has 4 aromatic carbocycles. The van der Waals surface area contributed by atoms with E-state index in [1.807, 2.05) is 35.7 Å². The van der Waals surface area contributed by atoms with Crippen molar-refractivity contribution in [3.63, 3.8) is 0 Å². The standard InChI is InChI=1S/C38H35N3O7S/c1-45-31-16-13-25-26(20-30(31)42)28(15-12-24-19-32(46-2)35(47-3)36(48-4)34(24)25)40-37(43)21-7-9-22(10-8-21)38(44)41-29-18-23(11-14-27(29)39)33-6-5-17-49-33/h5-11,13-14,16-20,28H,12,15,39H2,1-4H3,(H,40,43)(H,41,44)/t28-/m0/s1. The van der Waals surface area contributed by atoms with E-state index in [4.69, 9.17) is 24.7 Å². The van der Waals surface area contributed by atoms with Crippen molar-refractivity contribution in [1.29, 1.82) is 0 Å². The van der Waals surface area contributed by atoms with Crippen LogP contribution in [0.3, 0.4) is 0 Å². The highest BCUT2D eigenvalue weighted by atomic mass is 32.1. The number of aryl methyl sites for hydroxylation is 1. The van der Waals surface area contributed by atoms with Crippen molar-refractivity contribution in [2.45, 2.75) is 18.9 Å². The summed E-state index contributed by atoms with van der Waals surface area (Å²) in [4.78, 5) is 41.1. The van der Waals surface area contributed by atoms with Crippen molar-refractivity contribution in [2.24, 2.45) is 0 Å². The molecule has 0 fully saturated rings. The van der Waals surface area contributed by atoms with Crippen molar-refractivity contribution in [3.05, 3.63) is 117 Å². The van der Waals surface area contributed by atoms with Crippen LogP contribution in [0.1, 0.15) is 44.3 Å². The van der Waals surface area contributed by atoms with Gasteiger partial charge >= 0.3 is 0 Å². The third-order valence-corrected chi connectivity index (χ3v) is 9.46. The molecule has 0 aliphatic heterocycles. The molecule has 1 aliphatic carbocycles. The second kappa shape index (κ2) is 14.1. The van der Waals surface area contributed by atoms with E-state index >= 15 is 0 Å². The topological polar surface area (TPSA) is 138 Å². The number of methoxy groups -OCH3 is 4. The Kier molecular flexibility index (Phi) is 9.54. The van der Waals surface area contributed by atoms with Crippen molar-refractivity contribution >= 4 is 34.5 Å². The molecule has 250 valence electrons. The summed E-state index contributed by atoms with van der Waals surface area (Å²) in [5, 5.41) is 7.99. The summed E-state index contributed by atoms with van der Waals surface area (Å²) in [5.74, 6) is 0.813. The number of anilines is 2. The maximum absolute atomic E-state index is 13.7. The molecule has 10 nitrogen and oxygen atoms in total. The van der Waals surface area contributed by atoms with Crippen LogP contribution in [0.25, 0.3) is 21.6 Å². The number of nitrogens with two attached hydrogens (primary N) is 1. The van der Waals surface area contributed by atoms with Gasteiger partial charge in [0.1, 0.15) is 0 Å². The molecule has 0 radical (unpaired) electrons. The average Bonchev–Trinajstić information content (AvgIpc) is 3.56. The smallest absolute Gasteiger partial charge is 0.255 e.